The van der Waals surface area contributed by atoms with E-state index in [-0.39, 0.29) is 5.91 Å². The number of aromatic nitrogens is 1. The molecule has 0 spiro atoms. The summed E-state index contributed by atoms with van der Waals surface area (Å²) in [5, 5.41) is 8.86. The van der Waals surface area contributed by atoms with Gasteiger partial charge in [-0.2, -0.15) is 0 Å². The maximum Gasteiger partial charge on any atom is 0.321 e. The Balaban J connectivity index is 1.64. The van der Waals surface area contributed by atoms with Crippen molar-refractivity contribution >= 4 is 34.1 Å². The highest BCUT2D eigenvalue weighted by molar-refractivity contribution is 7.17. The monoisotopic (exact) mass is 452 g/mol. The van der Waals surface area contributed by atoms with Gasteiger partial charge in [-0.1, -0.05) is 47.2 Å². The van der Waals surface area contributed by atoms with Gasteiger partial charge in [0.05, 0.1) is 12.3 Å². The minimum absolute atomic E-state index is 0.242. The third-order valence-corrected chi connectivity index (χ3v) is 5.92. The third-order valence-electron chi connectivity index (χ3n) is 4.85. The highest BCUT2D eigenvalue weighted by Gasteiger charge is 2.18. The molecule has 0 unspecified atom stereocenters. The van der Waals surface area contributed by atoms with Gasteiger partial charge in [-0.25, -0.2) is 9.78 Å². The van der Waals surface area contributed by atoms with Crippen molar-refractivity contribution in [3.8, 4) is 5.75 Å². The number of carbonyl (C=O) groups excluding carboxylic acids is 2. The number of hydrogen-bond donors (Lipinski definition) is 3. The van der Waals surface area contributed by atoms with Crippen LogP contribution in [-0.2, 0) is 6.54 Å². The van der Waals surface area contributed by atoms with Crippen molar-refractivity contribution in [1.82, 2.24) is 10.3 Å². The number of hydrogen-bond acceptors (Lipinski definition) is 5. The summed E-state index contributed by atoms with van der Waals surface area (Å²) in [6.45, 7) is 10.5. The molecule has 32 heavy (non-hydrogen) atoms. The highest BCUT2D eigenvalue weighted by Crippen LogP contribution is 2.27. The van der Waals surface area contributed by atoms with Crippen LogP contribution in [-0.4, -0.2) is 23.5 Å². The zero-order valence-corrected chi connectivity index (χ0v) is 19.8. The third kappa shape index (κ3) is 5.64. The summed E-state index contributed by atoms with van der Waals surface area (Å²) in [6, 6.07) is 11.2. The van der Waals surface area contributed by atoms with Crippen LogP contribution in [0.2, 0.25) is 0 Å². The molecule has 3 N–H and O–H groups in total. The Morgan fingerprint density at radius 2 is 1.72 bits per heavy atom. The molecule has 0 saturated carbocycles. The summed E-state index contributed by atoms with van der Waals surface area (Å²) in [5.74, 6) is 0.496. The fraction of sp³-hybridized carbons (Fsp3) is 0.292. The molecule has 0 bridgehead atoms. The largest absolute Gasteiger partial charge is 0.494 e. The van der Waals surface area contributed by atoms with Crippen LogP contribution in [0.15, 0.2) is 36.4 Å². The van der Waals surface area contributed by atoms with Crippen molar-refractivity contribution < 1.29 is 14.3 Å². The number of anilines is 2. The van der Waals surface area contributed by atoms with Crippen LogP contribution in [0.1, 0.15) is 44.5 Å². The molecule has 3 aromatic rings. The van der Waals surface area contributed by atoms with Crippen molar-refractivity contribution in [2.75, 3.05) is 17.2 Å². The van der Waals surface area contributed by atoms with Crippen LogP contribution >= 0.6 is 11.3 Å². The van der Waals surface area contributed by atoms with E-state index in [2.05, 4.69) is 20.9 Å². The Morgan fingerprint density at radius 1 is 1.03 bits per heavy atom. The summed E-state index contributed by atoms with van der Waals surface area (Å²) in [7, 11) is 0. The quantitative estimate of drug-likeness (QED) is 0.451. The highest BCUT2D eigenvalue weighted by atomic mass is 32.1. The van der Waals surface area contributed by atoms with Gasteiger partial charge >= 0.3 is 6.03 Å². The number of ether oxygens (including phenoxy) is 1. The first-order chi connectivity index (χ1) is 15.3. The molecular formula is C24H28N4O3S. The molecule has 1 heterocycles. The maximum atomic E-state index is 12.9. The molecule has 0 radical (unpaired) electrons. The zero-order chi connectivity index (χ0) is 23.3. The van der Waals surface area contributed by atoms with E-state index in [4.69, 9.17) is 4.74 Å². The van der Waals surface area contributed by atoms with Gasteiger partial charge in [0.2, 0.25) is 0 Å². The molecule has 8 heteroatoms. The zero-order valence-electron chi connectivity index (χ0n) is 19.0. The number of benzene rings is 2. The molecular weight excluding hydrogens is 424 g/mol. The van der Waals surface area contributed by atoms with E-state index in [1.165, 1.54) is 0 Å². The average Bonchev–Trinajstić information content (AvgIpc) is 3.10. The number of amides is 3. The number of rotatable bonds is 7. The molecule has 1 aromatic heterocycles. The van der Waals surface area contributed by atoms with Crippen LogP contribution < -0.4 is 20.7 Å². The second kappa shape index (κ2) is 10.3. The molecule has 7 nitrogen and oxygen atoms in total. The number of para-hydroxylation sites is 1. The molecule has 3 amide bonds. The number of thiazole rings is 1. The fourth-order valence-corrected chi connectivity index (χ4v) is 4.33. The predicted molar refractivity (Wildman–Crippen MR) is 129 cm³/mol. The van der Waals surface area contributed by atoms with Crippen LogP contribution in [0.3, 0.4) is 0 Å². The number of carbonyl (C=O) groups is 2. The van der Waals surface area contributed by atoms with Gasteiger partial charge in [-0.15, -0.1) is 0 Å². The predicted octanol–water partition coefficient (Wildman–Crippen LogP) is 5.35. The van der Waals surface area contributed by atoms with Crippen molar-refractivity contribution in [3.63, 3.8) is 0 Å². The van der Waals surface area contributed by atoms with Gasteiger partial charge in [-0.3, -0.25) is 10.1 Å². The number of urea groups is 1. The summed E-state index contributed by atoms with van der Waals surface area (Å²) in [5.41, 5.74) is 5.39. The molecule has 0 aliphatic rings. The number of nitrogens with one attached hydrogen (secondary N) is 3. The van der Waals surface area contributed by atoms with E-state index in [1.54, 1.807) is 6.92 Å². The average molecular weight is 453 g/mol. The van der Waals surface area contributed by atoms with Gasteiger partial charge in [0.15, 0.2) is 5.13 Å². The normalized spacial score (nSPS) is 10.5. The maximum absolute atomic E-state index is 12.9. The molecule has 0 saturated heterocycles. The van der Waals surface area contributed by atoms with Crippen molar-refractivity contribution in [1.29, 1.82) is 0 Å². The van der Waals surface area contributed by atoms with Crippen LogP contribution in [0.5, 0.6) is 5.75 Å². The van der Waals surface area contributed by atoms with Gasteiger partial charge in [-0.05, 0) is 51.8 Å². The Kier molecular flexibility index (Phi) is 7.48. The van der Waals surface area contributed by atoms with Crippen molar-refractivity contribution in [3.05, 3.63) is 69.2 Å². The first-order valence-electron chi connectivity index (χ1n) is 10.4. The molecule has 0 aliphatic heterocycles. The summed E-state index contributed by atoms with van der Waals surface area (Å²) < 4.78 is 5.58. The number of aryl methyl sites for hydroxylation is 4. The fourth-order valence-electron chi connectivity index (χ4n) is 3.47. The lowest BCUT2D eigenvalue weighted by Gasteiger charge is -2.12. The van der Waals surface area contributed by atoms with Crippen molar-refractivity contribution in [2.24, 2.45) is 0 Å². The first kappa shape index (κ1) is 23.3. The topological polar surface area (TPSA) is 92.3 Å². The SMILES string of the molecule is CCOc1ccccc1CNC(=O)Nc1nc(C)c(C(=O)Nc2c(C)cc(C)cc2C)s1. The van der Waals surface area contributed by atoms with E-state index >= 15 is 0 Å². The smallest absolute Gasteiger partial charge is 0.321 e. The van der Waals surface area contributed by atoms with Gasteiger partial charge in [0.1, 0.15) is 10.6 Å². The molecule has 0 aliphatic carbocycles. The summed E-state index contributed by atoms with van der Waals surface area (Å²) >= 11 is 1.14. The van der Waals surface area contributed by atoms with Crippen molar-refractivity contribution in [2.45, 2.75) is 41.2 Å². The Labute approximate surface area is 192 Å². The van der Waals surface area contributed by atoms with Crippen LogP contribution in [0.4, 0.5) is 15.6 Å². The summed E-state index contributed by atoms with van der Waals surface area (Å²) in [4.78, 5) is 30.0. The second-order valence-corrected chi connectivity index (χ2v) is 8.51. The van der Waals surface area contributed by atoms with Gasteiger partial charge in [0, 0.05) is 17.8 Å². The van der Waals surface area contributed by atoms with E-state index in [9.17, 15) is 9.59 Å². The van der Waals surface area contributed by atoms with Crippen LogP contribution in [0, 0.1) is 27.7 Å². The molecule has 2 aromatic carbocycles. The molecule has 0 atom stereocenters. The number of nitrogens with zero attached hydrogens (tertiary/aromatic N) is 1. The Bertz CT molecular complexity index is 1120. The lowest BCUT2D eigenvalue weighted by Crippen LogP contribution is -2.28. The van der Waals surface area contributed by atoms with E-state index < -0.39 is 6.03 Å². The summed E-state index contributed by atoms with van der Waals surface area (Å²) in [6.07, 6.45) is 0. The Hall–Kier alpha value is -3.39. The Morgan fingerprint density at radius 3 is 2.41 bits per heavy atom. The minimum atomic E-state index is -0.401. The molecule has 3 rings (SSSR count). The minimum Gasteiger partial charge on any atom is -0.494 e. The standard InChI is InChI=1S/C24H28N4O3S/c1-6-31-19-10-8-7-9-18(19)13-25-23(30)28-24-26-17(5)21(32-24)22(29)27-20-15(3)11-14(2)12-16(20)4/h7-12H,6,13H2,1-5H3,(H,27,29)(H2,25,26,28,30). The first-order valence-corrected chi connectivity index (χ1v) is 11.2. The second-order valence-electron chi connectivity index (χ2n) is 7.51. The van der Waals surface area contributed by atoms with Crippen LogP contribution in [0.25, 0.3) is 0 Å². The van der Waals surface area contributed by atoms with E-state index in [1.807, 2.05) is 64.1 Å². The lowest BCUT2D eigenvalue weighted by molar-refractivity contribution is 0.102. The van der Waals surface area contributed by atoms with E-state index in [0.717, 1.165) is 45.0 Å². The van der Waals surface area contributed by atoms with Gasteiger partial charge in [0.25, 0.3) is 5.91 Å². The van der Waals surface area contributed by atoms with E-state index in [0.29, 0.717) is 28.9 Å². The lowest BCUT2D eigenvalue weighted by atomic mass is 10.1. The molecule has 0 fully saturated rings. The molecule has 168 valence electrons. The van der Waals surface area contributed by atoms with Gasteiger partial charge < -0.3 is 15.4 Å².